The van der Waals surface area contributed by atoms with Gasteiger partial charge in [-0.05, 0) is 49.2 Å². The standard InChI is InChI=1S/C26H25N3O3/c1-29-16-22(20-13-14-27-24(20)26(29)31)21-15-17(25(30)28-18-7-5-6-8-18)11-12-23(21)32-19-9-3-2-4-10-19/h2-4,9-16,18,27H,5-8H2,1H3,(H,28,30). The van der Waals surface area contributed by atoms with E-state index in [-0.39, 0.29) is 17.5 Å². The van der Waals surface area contributed by atoms with E-state index in [1.807, 2.05) is 48.5 Å². The summed E-state index contributed by atoms with van der Waals surface area (Å²) in [5.74, 6) is 1.24. The predicted molar refractivity (Wildman–Crippen MR) is 125 cm³/mol. The number of benzene rings is 2. The molecule has 0 radical (unpaired) electrons. The summed E-state index contributed by atoms with van der Waals surface area (Å²) in [6.07, 6.45) is 7.92. The second-order valence-corrected chi connectivity index (χ2v) is 8.31. The van der Waals surface area contributed by atoms with Crippen LogP contribution in [-0.2, 0) is 7.05 Å². The summed E-state index contributed by atoms with van der Waals surface area (Å²) in [6, 6.07) is 17.1. The number of nitrogens with one attached hydrogen (secondary N) is 2. The molecule has 1 aliphatic carbocycles. The van der Waals surface area contributed by atoms with Crippen molar-refractivity contribution in [1.82, 2.24) is 14.9 Å². The fourth-order valence-electron chi connectivity index (χ4n) is 4.41. The SMILES string of the molecule is Cn1cc(-c2cc(C(=O)NC3CCCC3)ccc2Oc2ccccc2)c2cc[nH]c2c1=O. The Hall–Kier alpha value is -3.80. The molecule has 1 saturated carbocycles. The highest BCUT2D eigenvalue weighted by atomic mass is 16.5. The number of nitrogens with zero attached hydrogens (tertiary/aromatic N) is 1. The van der Waals surface area contributed by atoms with E-state index < -0.39 is 0 Å². The quantitative estimate of drug-likeness (QED) is 0.471. The van der Waals surface area contributed by atoms with Crippen LogP contribution in [0, 0.1) is 0 Å². The Morgan fingerprint density at radius 3 is 2.62 bits per heavy atom. The second-order valence-electron chi connectivity index (χ2n) is 8.31. The Labute approximate surface area is 185 Å². The van der Waals surface area contributed by atoms with Crippen LogP contribution >= 0.6 is 0 Å². The number of aryl methyl sites for hydroxylation is 1. The molecule has 6 nitrogen and oxygen atoms in total. The minimum absolute atomic E-state index is 0.0838. The molecular weight excluding hydrogens is 402 g/mol. The highest BCUT2D eigenvalue weighted by Crippen LogP contribution is 2.37. The zero-order valence-corrected chi connectivity index (χ0v) is 17.9. The minimum atomic E-state index is -0.102. The number of carbonyl (C=O) groups excluding carboxylic acids is 1. The van der Waals surface area contributed by atoms with Gasteiger partial charge < -0.3 is 19.6 Å². The molecule has 0 unspecified atom stereocenters. The van der Waals surface area contributed by atoms with Crippen molar-refractivity contribution in [3.05, 3.63) is 82.9 Å². The summed E-state index contributed by atoms with van der Waals surface area (Å²) in [7, 11) is 1.72. The highest BCUT2D eigenvalue weighted by Gasteiger charge is 2.20. The fraction of sp³-hybridized carbons (Fsp3) is 0.231. The van der Waals surface area contributed by atoms with Gasteiger partial charge in [0.1, 0.15) is 17.0 Å². The van der Waals surface area contributed by atoms with E-state index in [0.717, 1.165) is 42.2 Å². The number of carbonyl (C=O) groups is 1. The first kappa shape index (κ1) is 20.1. The fourth-order valence-corrected chi connectivity index (χ4v) is 4.41. The molecule has 1 aliphatic rings. The monoisotopic (exact) mass is 427 g/mol. The average Bonchev–Trinajstić information content (AvgIpc) is 3.50. The Morgan fingerprint density at radius 1 is 1.06 bits per heavy atom. The van der Waals surface area contributed by atoms with Gasteiger partial charge >= 0.3 is 0 Å². The molecule has 2 N–H and O–H groups in total. The zero-order chi connectivity index (χ0) is 22.1. The smallest absolute Gasteiger partial charge is 0.274 e. The van der Waals surface area contributed by atoms with Crippen LogP contribution < -0.4 is 15.6 Å². The molecule has 1 amide bonds. The van der Waals surface area contributed by atoms with Gasteiger partial charge in [-0.15, -0.1) is 0 Å². The predicted octanol–water partition coefficient (Wildman–Crippen LogP) is 5.00. The number of aromatic amines is 1. The highest BCUT2D eigenvalue weighted by molar-refractivity contribution is 6.00. The molecule has 2 aromatic heterocycles. The number of pyridine rings is 1. The minimum Gasteiger partial charge on any atom is -0.457 e. The number of para-hydroxylation sites is 1. The molecule has 0 saturated heterocycles. The van der Waals surface area contributed by atoms with Crippen molar-refractivity contribution in [2.45, 2.75) is 31.7 Å². The third-order valence-corrected chi connectivity index (χ3v) is 6.09. The second kappa shape index (κ2) is 8.38. The van der Waals surface area contributed by atoms with Crippen molar-refractivity contribution in [3.8, 4) is 22.6 Å². The molecule has 1 fully saturated rings. The van der Waals surface area contributed by atoms with E-state index in [4.69, 9.17) is 4.74 Å². The van der Waals surface area contributed by atoms with Crippen LogP contribution in [0.4, 0.5) is 0 Å². The van der Waals surface area contributed by atoms with Crippen molar-refractivity contribution in [3.63, 3.8) is 0 Å². The largest absolute Gasteiger partial charge is 0.457 e. The molecule has 0 spiro atoms. The molecule has 2 heterocycles. The molecular formula is C26H25N3O3. The van der Waals surface area contributed by atoms with Gasteiger partial charge in [0.15, 0.2) is 0 Å². The first-order valence-corrected chi connectivity index (χ1v) is 10.9. The van der Waals surface area contributed by atoms with Gasteiger partial charge in [0.05, 0.1) is 0 Å². The van der Waals surface area contributed by atoms with Crippen LogP contribution in [0.1, 0.15) is 36.0 Å². The number of rotatable bonds is 5. The van der Waals surface area contributed by atoms with E-state index >= 15 is 0 Å². The van der Waals surface area contributed by atoms with Gasteiger partial charge in [0.2, 0.25) is 0 Å². The maximum absolute atomic E-state index is 13.0. The van der Waals surface area contributed by atoms with E-state index in [1.54, 1.807) is 30.1 Å². The van der Waals surface area contributed by atoms with Crippen molar-refractivity contribution in [1.29, 1.82) is 0 Å². The lowest BCUT2D eigenvalue weighted by Gasteiger charge is -2.16. The van der Waals surface area contributed by atoms with Crippen LogP contribution in [-0.4, -0.2) is 21.5 Å². The van der Waals surface area contributed by atoms with E-state index in [2.05, 4.69) is 10.3 Å². The van der Waals surface area contributed by atoms with Crippen LogP contribution in [0.3, 0.4) is 0 Å². The van der Waals surface area contributed by atoms with Crippen molar-refractivity contribution in [2.75, 3.05) is 0 Å². The van der Waals surface area contributed by atoms with Gasteiger partial charge in [0, 0.05) is 47.6 Å². The number of aromatic nitrogens is 2. The topological polar surface area (TPSA) is 76.1 Å². The van der Waals surface area contributed by atoms with Crippen LogP contribution in [0.5, 0.6) is 11.5 Å². The van der Waals surface area contributed by atoms with Crippen LogP contribution in [0.25, 0.3) is 22.0 Å². The molecule has 162 valence electrons. The molecule has 0 atom stereocenters. The third kappa shape index (κ3) is 3.80. The number of hydrogen-bond acceptors (Lipinski definition) is 3. The first-order valence-electron chi connectivity index (χ1n) is 10.9. The zero-order valence-electron chi connectivity index (χ0n) is 17.9. The third-order valence-electron chi connectivity index (χ3n) is 6.09. The van der Waals surface area contributed by atoms with Gasteiger partial charge in [0.25, 0.3) is 11.5 Å². The number of H-pyrrole nitrogens is 1. The molecule has 0 bridgehead atoms. The first-order chi connectivity index (χ1) is 15.6. The van der Waals surface area contributed by atoms with E-state index in [1.165, 1.54) is 0 Å². The molecule has 5 rings (SSSR count). The van der Waals surface area contributed by atoms with E-state index in [9.17, 15) is 9.59 Å². The summed E-state index contributed by atoms with van der Waals surface area (Å²) < 4.78 is 7.75. The Morgan fingerprint density at radius 2 is 1.84 bits per heavy atom. The van der Waals surface area contributed by atoms with Gasteiger partial charge in [-0.1, -0.05) is 31.0 Å². The summed E-state index contributed by atoms with van der Waals surface area (Å²) >= 11 is 0. The van der Waals surface area contributed by atoms with Crippen molar-refractivity contribution < 1.29 is 9.53 Å². The lowest BCUT2D eigenvalue weighted by molar-refractivity contribution is 0.0938. The molecule has 2 aromatic carbocycles. The van der Waals surface area contributed by atoms with E-state index in [0.29, 0.717) is 22.6 Å². The maximum atomic E-state index is 13.0. The number of fused-ring (bicyclic) bond motifs is 1. The van der Waals surface area contributed by atoms with Crippen LogP contribution in [0.2, 0.25) is 0 Å². The summed E-state index contributed by atoms with van der Waals surface area (Å²) in [6.45, 7) is 0. The van der Waals surface area contributed by atoms with Crippen molar-refractivity contribution in [2.24, 2.45) is 7.05 Å². The summed E-state index contributed by atoms with van der Waals surface area (Å²) in [5, 5.41) is 3.95. The summed E-state index contributed by atoms with van der Waals surface area (Å²) in [4.78, 5) is 28.6. The molecule has 4 aromatic rings. The maximum Gasteiger partial charge on any atom is 0.274 e. The normalized spacial score (nSPS) is 14.0. The lowest BCUT2D eigenvalue weighted by Crippen LogP contribution is -2.32. The Kier molecular flexibility index (Phi) is 5.27. The van der Waals surface area contributed by atoms with Gasteiger partial charge in [-0.2, -0.15) is 0 Å². The lowest BCUT2D eigenvalue weighted by atomic mass is 9.99. The number of hydrogen-bond donors (Lipinski definition) is 2. The Balaban J connectivity index is 1.62. The number of amides is 1. The molecule has 6 heteroatoms. The molecule has 32 heavy (non-hydrogen) atoms. The van der Waals surface area contributed by atoms with Gasteiger partial charge in [-0.3, -0.25) is 9.59 Å². The number of ether oxygens (including phenoxy) is 1. The Bertz CT molecular complexity index is 1330. The summed E-state index contributed by atoms with van der Waals surface area (Å²) in [5.41, 5.74) is 2.58. The van der Waals surface area contributed by atoms with Crippen molar-refractivity contribution >= 4 is 16.8 Å². The molecule has 0 aliphatic heterocycles. The van der Waals surface area contributed by atoms with Crippen LogP contribution in [0.15, 0.2) is 71.8 Å². The average molecular weight is 428 g/mol. The van der Waals surface area contributed by atoms with Gasteiger partial charge in [-0.25, -0.2) is 0 Å².